The summed E-state index contributed by atoms with van der Waals surface area (Å²) in [4.78, 5) is 23.6. The lowest BCUT2D eigenvalue weighted by Gasteiger charge is -2.22. The lowest BCUT2D eigenvalue weighted by molar-refractivity contribution is -0.118. The molecule has 0 radical (unpaired) electrons. The molecule has 0 saturated carbocycles. The molecule has 3 amide bonds. The number of ether oxygens (including phenoxy) is 1. The van der Waals surface area contributed by atoms with Gasteiger partial charge in [0, 0.05) is 0 Å². The first-order chi connectivity index (χ1) is 10.9. The number of carbonyl (C=O) groups is 2. The molecule has 122 valence electrons. The highest BCUT2D eigenvalue weighted by molar-refractivity contribution is 6.00. The second-order valence-electron chi connectivity index (χ2n) is 5.35. The summed E-state index contributed by atoms with van der Waals surface area (Å²) in [7, 11) is 0. The van der Waals surface area contributed by atoms with E-state index >= 15 is 0 Å². The van der Waals surface area contributed by atoms with Crippen LogP contribution < -0.4 is 26.4 Å². The Morgan fingerprint density at radius 3 is 2.87 bits per heavy atom. The number of carbonyl (C=O) groups excluding carboxylic acids is 2. The number of benzene rings is 1. The zero-order valence-corrected chi connectivity index (χ0v) is 13.1. The number of hydrogen-bond donors (Lipinski definition) is 4. The van der Waals surface area contributed by atoms with E-state index < -0.39 is 11.9 Å². The molecule has 5 N–H and O–H groups in total. The summed E-state index contributed by atoms with van der Waals surface area (Å²) in [5.74, 6) is 0.243. The van der Waals surface area contributed by atoms with Crippen LogP contribution in [0.15, 0.2) is 47.9 Å². The smallest absolute Gasteiger partial charge is 0.323 e. The Balaban J connectivity index is 1.93. The zero-order chi connectivity index (χ0) is 17.0. The monoisotopic (exact) mass is 316 g/mol. The van der Waals surface area contributed by atoms with Crippen molar-refractivity contribution in [3.63, 3.8) is 0 Å². The molecule has 1 aromatic carbocycles. The van der Waals surface area contributed by atoms with E-state index in [1.54, 1.807) is 6.92 Å². The second-order valence-corrected chi connectivity index (χ2v) is 5.35. The first kappa shape index (κ1) is 16.4. The van der Waals surface area contributed by atoms with Crippen LogP contribution in [-0.2, 0) is 4.79 Å². The normalized spacial score (nSPS) is 15.6. The van der Waals surface area contributed by atoms with Crippen molar-refractivity contribution < 1.29 is 14.3 Å². The zero-order valence-electron chi connectivity index (χ0n) is 13.1. The Morgan fingerprint density at radius 2 is 2.17 bits per heavy atom. The van der Waals surface area contributed by atoms with Gasteiger partial charge in [-0.3, -0.25) is 4.79 Å². The number of amides is 3. The van der Waals surface area contributed by atoms with Crippen LogP contribution in [0.3, 0.4) is 0 Å². The summed E-state index contributed by atoms with van der Waals surface area (Å²) in [5.41, 5.74) is 7.13. The lowest BCUT2D eigenvalue weighted by atomic mass is 10.2. The van der Waals surface area contributed by atoms with Gasteiger partial charge in [0.15, 0.2) is 0 Å². The molecule has 0 saturated heterocycles. The molecule has 7 heteroatoms. The molecule has 1 aliphatic heterocycles. The summed E-state index contributed by atoms with van der Waals surface area (Å²) in [6.45, 7) is 7.64. The van der Waals surface area contributed by atoms with Gasteiger partial charge in [-0.25, -0.2) is 4.79 Å². The van der Waals surface area contributed by atoms with Gasteiger partial charge in [0.25, 0.3) is 5.91 Å². The van der Waals surface area contributed by atoms with Gasteiger partial charge in [0.05, 0.1) is 17.4 Å². The van der Waals surface area contributed by atoms with Crippen molar-refractivity contribution in [1.29, 1.82) is 0 Å². The standard InChI is InChI=1S/C16H20N4O3/c1-9-5-4-6-12(7-9)23-8-10(2)18-15(21)14-13(17)11(3)19-16(22)20-14/h4-7,10H,3,8,17H2,1-2H3,(H,18,21)(H2,19,20,22)/t10-/m1/s1. The molecule has 0 unspecified atom stereocenters. The van der Waals surface area contributed by atoms with Crippen molar-refractivity contribution >= 4 is 11.9 Å². The van der Waals surface area contributed by atoms with Crippen molar-refractivity contribution in [1.82, 2.24) is 16.0 Å². The molecule has 23 heavy (non-hydrogen) atoms. The largest absolute Gasteiger partial charge is 0.491 e. The molecular formula is C16H20N4O3. The molecular weight excluding hydrogens is 296 g/mol. The molecule has 1 atom stereocenters. The molecule has 1 aromatic rings. The molecule has 7 nitrogen and oxygen atoms in total. The summed E-state index contributed by atoms with van der Waals surface area (Å²) < 4.78 is 5.63. The Kier molecular flexibility index (Phi) is 4.90. The van der Waals surface area contributed by atoms with Gasteiger partial charge in [0.1, 0.15) is 18.1 Å². The highest BCUT2D eigenvalue weighted by Crippen LogP contribution is 2.13. The Labute approximate surface area is 134 Å². The second kappa shape index (κ2) is 6.87. The molecule has 0 bridgehead atoms. The summed E-state index contributed by atoms with van der Waals surface area (Å²) in [6.07, 6.45) is 0. The third kappa shape index (κ3) is 4.26. The number of nitrogens with one attached hydrogen (secondary N) is 3. The number of aryl methyl sites for hydroxylation is 1. The Bertz CT molecular complexity index is 682. The predicted octanol–water partition coefficient (Wildman–Crippen LogP) is 0.875. The number of nitrogens with two attached hydrogens (primary N) is 1. The maximum atomic E-state index is 12.2. The minimum absolute atomic E-state index is 0.0128. The van der Waals surface area contributed by atoms with Crippen LogP contribution in [-0.4, -0.2) is 24.6 Å². The van der Waals surface area contributed by atoms with E-state index in [1.165, 1.54) is 0 Å². The van der Waals surface area contributed by atoms with Crippen LogP contribution >= 0.6 is 0 Å². The van der Waals surface area contributed by atoms with Crippen LogP contribution in [0.2, 0.25) is 0 Å². The summed E-state index contributed by atoms with van der Waals surface area (Å²) in [5, 5.41) is 7.48. The summed E-state index contributed by atoms with van der Waals surface area (Å²) >= 11 is 0. The SMILES string of the molecule is C=C1NC(=O)NC(C(=O)N[C@H](C)COc2cccc(C)c2)=C1N. The molecule has 1 heterocycles. The topological polar surface area (TPSA) is 105 Å². The van der Waals surface area contributed by atoms with E-state index in [0.717, 1.165) is 11.3 Å². The third-order valence-electron chi connectivity index (χ3n) is 3.19. The fraction of sp³-hybridized carbons (Fsp3) is 0.250. The fourth-order valence-corrected chi connectivity index (χ4v) is 2.01. The minimum Gasteiger partial charge on any atom is -0.491 e. The van der Waals surface area contributed by atoms with Crippen LogP contribution in [0.5, 0.6) is 5.75 Å². The Hall–Kier alpha value is -2.96. The van der Waals surface area contributed by atoms with Gasteiger partial charge in [-0.1, -0.05) is 18.7 Å². The van der Waals surface area contributed by atoms with Crippen molar-refractivity contribution in [3.8, 4) is 5.75 Å². The number of urea groups is 1. The van der Waals surface area contributed by atoms with E-state index in [2.05, 4.69) is 22.5 Å². The van der Waals surface area contributed by atoms with Crippen LogP contribution in [0.25, 0.3) is 0 Å². The highest BCUT2D eigenvalue weighted by atomic mass is 16.5. The fourth-order valence-electron chi connectivity index (χ4n) is 2.01. The number of rotatable bonds is 5. The summed E-state index contributed by atoms with van der Waals surface area (Å²) in [6, 6.07) is 6.81. The van der Waals surface area contributed by atoms with Gasteiger partial charge in [-0.15, -0.1) is 0 Å². The highest BCUT2D eigenvalue weighted by Gasteiger charge is 2.24. The van der Waals surface area contributed by atoms with E-state index in [-0.39, 0.29) is 29.7 Å². The first-order valence-electron chi connectivity index (χ1n) is 7.14. The molecule has 0 aliphatic carbocycles. The van der Waals surface area contributed by atoms with E-state index in [1.807, 2.05) is 31.2 Å². The van der Waals surface area contributed by atoms with Crippen LogP contribution in [0.1, 0.15) is 12.5 Å². The molecule has 0 spiro atoms. The van der Waals surface area contributed by atoms with Gasteiger partial charge in [0.2, 0.25) is 0 Å². The van der Waals surface area contributed by atoms with Crippen LogP contribution in [0, 0.1) is 6.92 Å². The molecule has 1 aliphatic rings. The maximum Gasteiger partial charge on any atom is 0.323 e. The molecule has 0 fully saturated rings. The number of hydrogen-bond acceptors (Lipinski definition) is 4. The van der Waals surface area contributed by atoms with E-state index in [9.17, 15) is 9.59 Å². The van der Waals surface area contributed by atoms with Crippen molar-refractivity contribution in [2.75, 3.05) is 6.61 Å². The average molecular weight is 316 g/mol. The van der Waals surface area contributed by atoms with Crippen molar-refractivity contribution in [2.45, 2.75) is 19.9 Å². The predicted molar refractivity (Wildman–Crippen MR) is 86.3 cm³/mol. The quantitative estimate of drug-likeness (QED) is 0.647. The van der Waals surface area contributed by atoms with Crippen molar-refractivity contribution in [3.05, 3.63) is 53.5 Å². The van der Waals surface area contributed by atoms with Gasteiger partial charge in [-0.2, -0.15) is 0 Å². The maximum absolute atomic E-state index is 12.2. The average Bonchev–Trinajstić information content (AvgIpc) is 2.49. The van der Waals surface area contributed by atoms with Crippen LogP contribution in [0.4, 0.5) is 4.79 Å². The third-order valence-corrected chi connectivity index (χ3v) is 3.19. The Morgan fingerprint density at radius 1 is 1.43 bits per heavy atom. The van der Waals surface area contributed by atoms with Gasteiger partial charge >= 0.3 is 6.03 Å². The van der Waals surface area contributed by atoms with Gasteiger partial charge < -0.3 is 26.4 Å². The van der Waals surface area contributed by atoms with E-state index in [0.29, 0.717) is 0 Å². The molecule has 2 rings (SSSR count). The molecule has 0 aromatic heterocycles. The first-order valence-corrected chi connectivity index (χ1v) is 7.14. The van der Waals surface area contributed by atoms with E-state index in [4.69, 9.17) is 10.5 Å². The minimum atomic E-state index is -0.544. The van der Waals surface area contributed by atoms with Gasteiger partial charge in [-0.05, 0) is 31.5 Å². The van der Waals surface area contributed by atoms with Crippen molar-refractivity contribution in [2.24, 2.45) is 5.73 Å². The lowest BCUT2D eigenvalue weighted by Crippen LogP contribution is -2.49.